The molecule has 0 aliphatic carbocycles. The number of imidazole rings is 1. The predicted molar refractivity (Wildman–Crippen MR) is 165 cm³/mol. The van der Waals surface area contributed by atoms with Gasteiger partial charge >= 0.3 is 0 Å². The van der Waals surface area contributed by atoms with Gasteiger partial charge in [-0.25, -0.2) is 4.98 Å². The van der Waals surface area contributed by atoms with Crippen LogP contribution in [-0.4, -0.2) is 56.5 Å². The number of carbonyl (C=O) groups is 1. The first-order valence-electron chi connectivity index (χ1n) is 14.8. The molecule has 2 heterocycles. The molecular weight excluding hydrogens is 542 g/mol. The molecule has 1 atom stereocenters. The smallest absolute Gasteiger partial charge is 0.269 e. The van der Waals surface area contributed by atoms with E-state index in [-0.39, 0.29) is 24.2 Å². The van der Waals surface area contributed by atoms with E-state index in [1.54, 1.807) is 12.1 Å². The number of amides is 1. The van der Waals surface area contributed by atoms with E-state index in [9.17, 15) is 20.0 Å². The Bertz CT molecular complexity index is 1540. The van der Waals surface area contributed by atoms with E-state index in [4.69, 9.17) is 0 Å². The summed E-state index contributed by atoms with van der Waals surface area (Å²) in [5.41, 5.74) is 4.10. The van der Waals surface area contributed by atoms with Crippen LogP contribution in [0, 0.1) is 16.0 Å². The van der Waals surface area contributed by atoms with Gasteiger partial charge in [-0.05, 0) is 68.1 Å². The van der Waals surface area contributed by atoms with Crippen molar-refractivity contribution in [3.05, 3.63) is 119 Å². The van der Waals surface area contributed by atoms with Gasteiger partial charge in [0.1, 0.15) is 6.09 Å². The van der Waals surface area contributed by atoms with Crippen molar-refractivity contribution in [1.82, 2.24) is 19.4 Å². The second-order valence-electron chi connectivity index (χ2n) is 11.7. The number of hydrogen-bond donors (Lipinski definition) is 0. The van der Waals surface area contributed by atoms with Crippen molar-refractivity contribution in [2.75, 3.05) is 26.2 Å². The van der Waals surface area contributed by atoms with E-state index in [2.05, 4.69) is 76.0 Å². The summed E-state index contributed by atoms with van der Waals surface area (Å²) in [5, 5.41) is 22.6. The second-order valence-corrected chi connectivity index (χ2v) is 11.7. The molecule has 43 heavy (non-hydrogen) atoms. The summed E-state index contributed by atoms with van der Waals surface area (Å²) in [6, 6.07) is 25.0. The van der Waals surface area contributed by atoms with Crippen LogP contribution in [-0.2, 0) is 18.5 Å². The maximum absolute atomic E-state index is 11.7. The topological polar surface area (TPSA) is 108 Å². The van der Waals surface area contributed by atoms with Crippen molar-refractivity contribution in [1.29, 1.82) is 0 Å². The number of benzene rings is 3. The van der Waals surface area contributed by atoms with Crippen molar-refractivity contribution >= 4 is 22.8 Å². The minimum atomic E-state index is -1.26. The lowest BCUT2D eigenvalue weighted by Gasteiger charge is -2.36. The Morgan fingerprint density at radius 3 is 2.44 bits per heavy atom. The molecule has 0 spiro atoms. The highest BCUT2D eigenvalue weighted by atomic mass is 16.6. The summed E-state index contributed by atoms with van der Waals surface area (Å²) in [5.74, 6) is 0.400. The average molecular weight is 581 g/mol. The number of nitro groups is 1. The van der Waals surface area contributed by atoms with Gasteiger partial charge in [0.2, 0.25) is 0 Å². The van der Waals surface area contributed by atoms with Gasteiger partial charge in [0.25, 0.3) is 5.69 Å². The summed E-state index contributed by atoms with van der Waals surface area (Å²) in [6.07, 6.45) is 7.80. The van der Waals surface area contributed by atoms with E-state index < -0.39 is 11.0 Å². The fourth-order valence-corrected chi connectivity index (χ4v) is 5.97. The van der Waals surface area contributed by atoms with Crippen LogP contribution in [0.25, 0.3) is 11.0 Å². The Labute approximate surface area is 252 Å². The number of piperidine rings is 1. The molecule has 0 radical (unpaired) electrons. The molecule has 1 fully saturated rings. The van der Waals surface area contributed by atoms with Crippen molar-refractivity contribution < 1.29 is 14.8 Å². The third kappa shape index (κ3) is 7.67. The quantitative estimate of drug-likeness (QED) is 0.126. The van der Waals surface area contributed by atoms with Crippen molar-refractivity contribution in [2.24, 2.45) is 5.92 Å². The zero-order valence-corrected chi connectivity index (χ0v) is 24.5. The minimum Gasteiger partial charge on any atom is -0.530 e. The summed E-state index contributed by atoms with van der Waals surface area (Å²) >= 11 is 0. The van der Waals surface area contributed by atoms with Crippen LogP contribution in [0.4, 0.5) is 10.5 Å². The number of carboxylic acid groups (broad SMARTS) is 1. The molecule has 3 aromatic carbocycles. The van der Waals surface area contributed by atoms with Crippen molar-refractivity contribution in [3.63, 3.8) is 0 Å². The number of aromatic nitrogens is 2. The number of nitro benzene ring substituents is 1. The summed E-state index contributed by atoms with van der Waals surface area (Å²) in [4.78, 5) is 30.4. The van der Waals surface area contributed by atoms with Crippen LogP contribution < -0.4 is 5.11 Å². The number of carbonyl (C=O) groups excluding carboxylic acids is 1. The normalized spacial score (nSPS) is 15.9. The largest absolute Gasteiger partial charge is 0.530 e. The Kier molecular flexibility index (Phi) is 9.51. The molecule has 9 nitrogen and oxygen atoms in total. The van der Waals surface area contributed by atoms with Gasteiger partial charge in [-0.3, -0.25) is 10.1 Å². The van der Waals surface area contributed by atoms with E-state index >= 15 is 0 Å². The van der Waals surface area contributed by atoms with Crippen LogP contribution in [0.3, 0.4) is 0 Å². The third-order valence-corrected chi connectivity index (χ3v) is 8.64. The minimum absolute atomic E-state index is 0.0218. The highest BCUT2D eigenvalue weighted by molar-refractivity contribution is 5.75. The zero-order chi connectivity index (χ0) is 30.2. The fraction of sp³-hybridized carbons (Fsp3) is 0.353. The molecule has 1 aliphatic heterocycles. The number of nitrogens with zero attached hydrogens (tertiary/aromatic N) is 5. The van der Waals surface area contributed by atoms with E-state index in [0.29, 0.717) is 11.5 Å². The van der Waals surface area contributed by atoms with Crippen LogP contribution in [0.15, 0.2) is 97.3 Å². The number of non-ortho nitro benzene ring substituents is 1. The maximum Gasteiger partial charge on any atom is 0.269 e. The fourth-order valence-electron chi connectivity index (χ4n) is 5.97. The first-order valence-corrected chi connectivity index (χ1v) is 14.8. The van der Waals surface area contributed by atoms with Crippen molar-refractivity contribution in [3.8, 4) is 0 Å². The lowest BCUT2D eigenvalue weighted by Crippen LogP contribution is -2.41. The Morgan fingerprint density at radius 2 is 1.74 bits per heavy atom. The summed E-state index contributed by atoms with van der Waals surface area (Å²) < 4.78 is 2.27. The molecule has 0 N–H and O–H groups in total. The average Bonchev–Trinajstić information content (AvgIpc) is 3.43. The molecule has 1 unspecified atom stereocenters. The second kappa shape index (κ2) is 13.6. The predicted octanol–water partition coefficient (Wildman–Crippen LogP) is 5.41. The van der Waals surface area contributed by atoms with Gasteiger partial charge in [0.15, 0.2) is 0 Å². The molecule has 9 heteroatoms. The lowest BCUT2D eigenvalue weighted by atomic mass is 9.79. The molecule has 1 aromatic heterocycles. The van der Waals surface area contributed by atoms with E-state index in [1.165, 1.54) is 22.6 Å². The molecule has 1 aliphatic rings. The summed E-state index contributed by atoms with van der Waals surface area (Å²) in [6.45, 7) is 6.55. The Balaban J connectivity index is 1.14. The first kappa shape index (κ1) is 30.0. The van der Waals surface area contributed by atoms with Crippen LogP contribution >= 0.6 is 0 Å². The van der Waals surface area contributed by atoms with Crippen LogP contribution in [0.5, 0.6) is 0 Å². The molecule has 0 saturated carbocycles. The van der Waals surface area contributed by atoms with Gasteiger partial charge in [0, 0.05) is 37.2 Å². The monoisotopic (exact) mass is 580 g/mol. The maximum atomic E-state index is 11.7. The lowest BCUT2D eigenvalue weighted by molar-refractivity contribution is -0.384. The molecule has 224 valence electrons. The number of fused-ring (bicyclic) bond motifs is 1. The van der Waals surface area contributed by atoms with E-state index in [1.807, 2.05) is 18.5 Å². The molecular formula is C34H38N5O4-. The number of rotatable bonds is 12. The third-order valence-electron chi connectivity index (χ3n) is 8.64. The summed E-state index contributed by atoms with van der Waals surface area (Å²) in [7, 11) is 0. The Hall–Kier alpha value is -4.50. The van der Waals surface area contributed by atoms with Gasteiger partial charge in [-0.1, -0.05) is 73.7 Å². The number of hydrogen-bond acceptors (Lipinski definition) is 6. The molecule has 5 rings (SSSR count). The standard InChI is InChI=1S/C34H39N5O4/c1-34(29-9-3-2-4-10-29,25-38-26-35-31-11-5-6-12-32(31)38)19-23-36-21-17-27(18-22-36)8-7-20-37(33(40)41)24-28-13-15-30(16-14-28)39(42)43/h2-16,26-27H,17-25H2,1H3,(H,40,41)/p-1. The van der Waals surface area contributed by atoms with E-state index in [0.717, 1.165) is 56.5 Å². The highest BCUT2D eigenvalue weighted by Gasteiger charge is 2.29. The van der Waals surface area contributed by atoms with Crippen molar-refractivity contribution in [2.45, 2.75) is 44.7 Å². The number of likely N-dealkylation sites (tertiary alicyclic amines) is 1. The number of allylic oxidation sites excluding steroid dienone is 1. The molecule has 1 amide bonds. The SMILES string of the molecule is CC(CCN1CCC(C=CCN(Cc2ccc([N+](=O)[O-])cc2)C(=O)[O-])CC1)(Cn1cnc2ccccc21)c1ccccc1. The van der Waals surface area contributed by atoms with Crippen LogP contribution in [0.1, 0.15) is 37.3 Å². The van der Waals surface area contributed by atoms with Gasteiger partial charge < -0.3 is 24.3 Å². The molecule has 4 aromatic rings. The van der Waals surface area contributed by atoms with Gasteiger partial charge in [0.05, 0.1) is 22.3 Å². The Morgan fingerprint density at radius 1 is 1.05 bits per heavy atom. The van der Waals surface area contributed by atoms with Crippen LogP contribution in [0.2, 0.25) is 0 Å². The first-order chi connectivity index (χ1) is 20.8. The zero-order valence-electron chi connectivity index (χ0n) is 24.5. The highest BCUT2D eigenvalue weighted by Crippen LogP contribution is 2.32. The van der Waals surface area contributed by atoms with Gasteiger partial charge in [-0.2, -0.15) is 0 Å². The van der Waals surface area contributed by atoms with Gasteiger partial charge in [-0.15, -0.1) is 0 Å². The molecule has 1 saturated heterocycles. The number of para-hydroxylation sites is 2. The molecule has 0 bridgehead atoms.